The Morgan fingerprint density at radius 1 is 1.43 bits per heavy atom. The van der Waals surface area contributed by atoms with Gasteiger partial charge in [-0.1, -0.05) is 12.1 Å². The van der Waals surface area contributed by atoms with Gasteiger partial charge in [-0.3, -0.25) is 4.79 Å². The molecule has 1 N–H and O–H groups in total. The van der Waals surface area contributed by atoms with Gasteiger partial charge in [-0.25, -0.2) is 4.79 Å². The number of hydrogen-bond acceptors (Lipinski definition) is 5. The number of Topliss-reactive ketones (excluding diaryl/α,β-unsaturated/α-hetero) is 1. The van der Waals surface area contributed by atoms with Crippen LogP contribution in [0.3, 0.4) is 0 Å². The van der Waals surface area contributed by atoms with Crippen molar-refractivity contribution in [3.63, 3.8) is 0 Å². The van der Waals surface area contributed by atoms with Crippen LogP contribution in [0, 0.1) is 5.92 Å². The van der Waals surface area contributed by atoms with Crippen LogP contribution in [-0.2, 0) is 14.3 Å². The average molecular weight is 303 g/mol. The fourth-order valence-electron chi connectivity index (χ4n) is 3.17. The molecule has 0 bridgehead atoms. The van der Waals surface area contributed by atoms with Crippen molar-refractivity contribution in [2.24, 2.45) is 5.92 Å². The predicted octanol–water partition coefficient (Wildman–Crippen LogP) is 2.74. The SMILES string of the molecule is COC(=O)C1=C(C)NC2=CCCC(=O)C2C1c1cccs1. The summed E-state index contributed by atoms with van der Waals surface area (Å²) < 4.78 is 4.94. The maximum Gasteiger partial charge on any atom is 0.336 e. The highest BCUT2D eigenvalue weighted by Crippen LogP contribution is 2.44. The van der Waals surface area contributed by atoms with Crippen LogP contribution < -0.4 is 5.32 Å². The Labute approximate surface area is 127 Å². The van der Waals surface area contributed by atoms with Gasteiger partial charge >= 0.3 is 5.97 Å². The summed E-state index contributed by atoms with van der Waals surface area (Å²) in [7, 11) is 1.38. The molecular formula is C16H17NO3S. The lowest BCUT2D eigenvalue weighted by Crippen LogP contribution is -2.40. The summed E-state index contributed by atoms with van der Waals surface area (Å²) in [6.45, 7) is 1.86. The fourth-order valence-corrected chi connectivity index (χ4v) is 4.04. The highest BCUT2D eigenvalue weighted by atomic mass is 32.1. The number of carbonyl (C=O) groups is 2. The predicted molar refractivity (Wildman–Crippen MR) is 80.7 cm³/mol. The van der Waals surface area contributed by atoms with Crippen molar-refractivity contribution >= 4 is 23.1 Å². The lowest BCUT2D eigenvalue weighted by atomic mass is 9.73. The van der Waals surface area contributed by atoms with Crippen molar-refractivity contribution in [1.82, 2.24) is 5.32 Å². The molecule has 3 rings (SSSR count). The standard InChI is InChI=1S/C16H17NO3S/c1-9-13(16(19)20-2)15(12-7-4-8-21-12)14-10(17-9)5-3-6-11(14)18/h4-5,7-8,14-15,17H,3,6H2,1-2H3. The number of methoxy groups -OCH3 is 1. The van der Waals surface area contributed by atoms with Gasteiger partial charge in [0.25, 0.3) is 0 Å². The Morgan fingerprint density at radius 3 is 2.90 bits per heavy atom. The zero-order chi connectivity index (χ0) is 15.0. The van der Waals surface area contributed by atoms with Crippen LogP contribution in [0.1, 0.15) is 30.6 Å². The topological polar surface area (TPSA) is 55.4 Å². The molecule has 21 heavy (non-hydrogen) atoms. The van der Waals surface area contributed by atoms with Crippen molar-refractivity contribution in [2.75, 3.05) is 7.11 Å². The monoisotopic (exact) mass is 303 g/mol. The number of nitrogens with one attached hydrogen (secondary N) is 1. The molecule has 0 amide bonds. The maximum absolute atomic E-state index is 12.4. The Kier molecular flexibility index (Phi) is 3.68. The number of rotatable bonds is 2. The summed E-state index contributed by atoms with van der Waals surface area (Å²) in [5.74, 6) is -0.712. The molecule has 2 atom stereocenters. The minimum absolute atomic E-state index is 0.187. The third-order valence-corrected chi connectivity index (χ3v) is 5.03. The number of hydrogen-bond donors (Lipinski definition) is 1. The number of carbonyl (C=O) groups excluding carboxylic acids is 2. The highest BCUT2D eigenvalue weighted by Gasteiger charge is 2.43. The number of fused-ring (bicyclic) bond motifs is 1. The summed E-state index contributed by atoms with van der Waals surface area (Å²) in [6, 6.07) is 3.93. The van der Waals surface area contributed by atoms with Gasteiger partial charge in [0.1, 0.15) is 5.78 Å². The summed E-state index contributed by atoms with van der Waals surface area (Å²) in [4.78, 5) is 25.7. The molecule has 0 saturated heterocycles. The molecule has 1 aromatic rings. The van der Waals surface area contributed by atoms with E-state index in [2.05, 4.69) is 11.4 Å². The van der Waals surface area contributed by atoms with E-state index in [1.165, 1.54) is 7.11 Å². The van der Waals surface area contributed by atoms with Crippen LogP contribution in [0.25, 0.3) is 0 Å². The van der Waals surface area contributed by atoms with Crippen LogP contribution in [0.4, 0.5) is 0 Å². The third kappa shape index (κ3) is 2.31. The van der Waals surface area contributed by atoms with E-state index in [4.69, 9.17) is 4.74 Å². The van der Waals surface area contributed by atoms with Gasteiger partial charge in [-0.2, -0.15) is 0 Å². The van der Waals surface area contributed by atoms with Crippen LogP contribution in [0.15, 0.2) is 40.6 Å². The largest absolute Gasteiger partial charge is 0.466 e. The summed E-state index contributed by atoms with van der Waals surface area (Å²) in [6.07, 6.45) is 3.37. The van der Waals surface area contributed by atoms with E-state index in [0.29, 0.717) is 12.0 Å². The molecule has 0 saturated carbocycles. The summed E-state index contributed by atoms with van der Waals surface area (Å²) in [5, 5.41) is 5.20. The Bertz CT molecular complexity index is 642. The van der Waals surface area contributed by atoms with Crippen molar-refractivity contribution < 1.29 is 14.3 Å². The molecule has 1 aromatic heterocycles. The number of allylic oxidation sites excluding steroid dienone is 3. The normalized spacial score (nSPS) is 25.0. The van der Waals surface area contributed by atoms with Crippen LogP contribution >= 0.6 is 11.3 Å². The number of thiophene rings is 1. The Morgan fingerprint density at radius 2 is 2.24 bits per heavy atom. The zero-order valence-corrected chi connectivity index (χ0v) is 12.8. The van der Waals surface area contributed by atoms with E-state index in [9.17, 15) is 9.59 Å². The van der Waals surface area contributed by atoms with Crippen LogP contribution in [0.2, 0.25) is 0 Å². The van der Waals surface area contributed by atoms with Crippen LogP contribution in [-0.4, -0.2) is 18.9 Å². The van der Waals surface area contributed by atoms with Gasteiger partial charge in [0, 0.05) is 28.6 Å². The number of esters is 1. The molecule has 0 radical (unpaired) electrons. The first-order valence-electron chi connectivity index (χ1n) is 6.95. The van der Waals surface area contributed by atoms with E-state index in [1.807, 2.05) is 24.4 Å². The van der Waals surface area contributed by atoms with Gasteiger partial charge in [-0.15, -0.1) is 11.3 Å². The van der Waals surface area contributed by atoms with Crippen LogP contribution in [0.5, 0.6) is 0 Å². The maximum atomic E-state index is 12.4. The molecule has 2 unspecified atom stereocenters. The van der Waals surface area contributed by atoms with Gasteiger partial charge in [0.2, 0.25) is 0 Å². The Hall–Kier alpha value is -1.88. The lowest BCUT2D eigenvalue weighted by molar-refractivity contribution is -0.136. The van der Waals surface area contributed by atoms with E-state index < -0.39 is 0 Å². The Balaban J connectivity index is 2.17. The second-order valence-electron chi connectivity index (χ2n) is 5.29. The molecule has 2 aliphatic rings. The smallest absolute Gasteiger partial charge is 0.336 e. The summed E-state index contributed by atoms with van der Waals surface area (Å²) in [5.41, 5.74) is 2.27. The van der Waals surface area contributed by atoms with E-state index >= 15 is 0 Å². The van der Waals surface area contributed by atoms with Crippen molar-refractivity contribution in [2.45, 2.75) is 25.7 Å². The molecule has 110 valence electrons. The quantitative estimate of drug-likeness (QED) is 0.854. The third-order valence-electron chi connectivity index (χ3n) is 4.07. The van der Waals surface area contributed by atoms with E-state index in [-0.39, 0.29) is 23.6 Å². The molecule has 0 spiro atoms. The molecule has 2 heterocycles. The molecule has 0 fully saturated rings. The first-order chi connectivity index (χ1) is 10.1. The molecule has 1 aliphatic carbocycles. The zero-order valence-electron chi connectivity index (χ0n) is 12.0. The first-order valence-corrected chi connectivity index (χ1v) is 7.83. The number of ether oxygens (including phenoxy) is 1. The van der Waals surface area contributed by atoms with Crippen molar-refractivity contribution in [3.05, 3.63) is 45.4 Å². The second-order valence-corrected chi connectivity index (χ2v) is 6.27. The molecule has 0 aromatic carbocycles. The minimum atomic E-state index is -0.365. The minimum Gasteiger partial charge on any atom is -0.466 e. The van der Waals surface area contributed by atoms with Gasteiger partial charge in [0.05, 0.1) is 18.6 Å². The van der Waals surface area contributed by atoms with Crippen molar-refractivity contribution in [3.8, 4) is 0 Å². The molecular weight excluding hydrogens is 286 g/mol. The molecule has 1 aliphatic heterocycles. The average Bonchev–Trinajstić information content (AvgIpc) is 2.99. The molecule has 4 nitrogen and oxygen atoms in total. The van der Waals surface area contributed by atoms with Gasteiger partial charge in [0.15, 0.2) is 0 Å². The second kappa shape index (κ2) is 5.48. The summed E-state index contributed by atoms with van der Waals surface area (Å²) >= 11 is 1.57. The molecule has 5 heteroatoms. The van der Waals surface area contributed by atoms with E-state index in [0.717, 1.165) is 22.7 Å². The van der Waals surface area contributed by atoms with Gasteiger partial charge < -0.3 is 10.1 Å². The fraction of sp³-hybridized carbons (Fsp3) is 0.375. The van der Waals surface area contributed by atoms with E-state index in [1.54, 1.807) is 11.3 Å². The lowest BCUT2D eigenvalue weighted by Gasteiger charge is -2.37. The highest BCUT2D eigenvalue weighted by molar-refractivity contribution is 7.10. The number of ketones is 1. The van der Waals surface area contributed by atoms with Crippen molar-refractivity contribution in [1.29, 1.82) is 0 Å². The van der Waals surface area contributed by atoms with Gasteiger partial charge in [-0.05, 0) is 24.8 Å². The first kappa shape index (κ1) is 14.1.